The highest BCUT2D eigenvalue weighted by Gasteiger charge is 2.08. The van der Waals surface area contributed by atoms with Crippen molar-refractivity contribution in [3.63, 3.8) is 0 Å². The molecule has 0 aliphatic rings. The first-order valence-electron chi connectivity index (χ1n) is 6.92. The molecule has 22 heavy (non-hydrogen) atoms. The van der Waals surface area contributed by atoms with E-state index in [0.29, 0.717) is 23.1 Å². The lowest BCUT2D eigenvalue weighted by molar-refractivity contribution is -0.119. The molecule has 0 aliphatic carbocycles. The Hall–Kier alpha value is -1.91. The molecule has 114 valence electrons. The van der Waals surface area contributed by atoms with Crippen LogP contribution in [0.2, 0.25) is 5.02 Å². The number of amides is 1. The monoisotopic (exact) mass is 332 g/mol. The number of rotatable bonds is 4. The predicted molar refractivity (Wildman–Crippen MR) is 93.9 cm³/mol. The van der Waals surface area contributed by atoms with Crippen molar-refractivity contribution >= 4 is 34.8 Å². The fourth-order valence-electron chi connectivity index (χ4n) is 2.01. The number of carbonyl (C=O) groups excluding carboxylic acids is 1. The Bertz CT molecular complexity index is 688. The van der Waals surface area contributed by atoms with Crippen molar-refractivity contribution in [3.05, 3.63) is 70.2 Å². The smallest absolute Gasteiger partial charge is 0.230 e. The fraction of sp³-hybridized carbons (Fsp3) is 0.176. The van der Waals surface area contributed by atoms with E-state index in [4.69, 9.17) is 23.8 Å². The molecular formula is C17H17ClN2OS. The summed E-state index contributed by atoms with van der Waals surface area (Å²) >= 11 is 11.2. The van der Waals surface area contributed by atoms with Gasteiger partial charge in [-0.05, 0) is 41.9 Å². The number of aryl methyl sites for hydroxylation is 1. The van der Waals surface area contributed by atoms with Crippen LogP contribution in [0.3, 0.4) is 0 Å². The van der Waals surface area contributed by atoms with Crippen LogP contribution in [0.1, 0.15) is 16.7 Å². The molecule has 0 aliphatic heterocycles. The van der Waals surface area contributed by atoms with Gasteiger partial charge in [0.2, 0.25) is 5.91 Å². The molecule has 2 N–H and O–H groups in total. The molecule has 0 aromatic heterocycles. The van der Waals surface area contributed by atoms with Crippen molar-refractivity contribution in [1.29, 1.82) is 0 Å². The lowest BCUT2D eigenvalue weighted by Crippen LogP contribution is -2.39. The van der Waals surface area contributed by atoms with E-state index in [9.17, 15) is 4.79 Å². The summed E-state index contributed by atoms with van der Waals surface area (Å²) in [6.45, 7) is 2.46. The van der Waals surface area contributed by atoms with Gasteiger partial charge in [0.25, 0.3) is 0 Å². The highest BCUT2D eigenvalue weighted by molar-refractivity contribution is 7.80. The molecular weight excluding hydrogens is 316 g/mol. The molecule has 0 fully saturated rings. The zero-order valence-corrected chi connectivity index (χ0v) is 13.8. The van der Waals surface area contributed by atoms with Crippen LogP contribution < -0.4 is 10.6 Å². The van der Waals surface area contributed by atoms with Gasteiger partial charge in [0.1, 0.15) is 0 Å². The Morgan fingerprint density at radius 1 is 1.09 bits per heavy atom. The van der Waals surface area contributed by atoms with Gasteiger partial charge in [-0.15, -0.1) is 0 Å². The highest BCUT2D eigenvalue weighted by Crippen LogP contribution is 2.14. The van der Waals surface area contributed by atoms with Gasteiger partial charge < -0.3 is 10.6 Å². The van der Waals surface area contributed by atoms with Crippen LogP contribution in [0.5, 0.6) is 0 Å². The van der Waals surface area contributed by atoms with Gasteiger partial charge in [0.15, 0.2) is 5.11 Å². The van der Waals surface area contributed by atoms with E-state index in [2.05, 4.69) is 10.6 Å². The number of thiocarbonyl (C=S) groups is 1. The minimum atomic E-state index is -0.133. The van der Waals surface area contributed by atoms with Crippen molar-refractivity contribution in [2.45, 2.75) is 19.9 Å². The molecule has 0 bridgehead atoms. The van der Waals surface area contributed by atoms with Crippen LogP contribution >= 0.6 is 23.8 Å². The van der Waals surface area contributed by atoms with E-state index in [1.807, 2.05) is 55.5 Å². The van der Waals surface area contributed by atoms with Crippen molar-refractivity contribution in [2.75, 3.05) is 0 Å². The summed E-state index contributed by atoms with van der Waals surface area (Å²) in [6, 6.07) is 15.3. The van der Waals surface area contributed by atoms with Gasteiger partial charge in [-0.1, -0.05) is 54.1 Å². The third-order valence-electron chi connectivity index (χ3n) is 3.26. The minimum absolute atomic E-state index is 0.133. The minimum Gasteiger partial charge on any atom is -0.358 e. The number of hydrogen-bond donors (Lipinski definition) is 2. The Labute approximate surface area is 140 Å². The quantitative estimate of drug-likeness (QED) is 0.843. The number of halogens is 1. The molecule has 0 saturated heterocycles. The second-order valence-corrected chi connectivity index (χ2v) is 5.74. The molecule has 0 unspecified atom stereocenters. The molecule has 1 amide bonds. The molecule has 0 saturated carbocycles. The van der Waals surface area contributed by atoms with E-state index < -0.39 is 0 Å². The van der Waals surface area contributed by atoms with Crippen LogP contribution in [-0.2, 0) is 17.8 Å². The van der Waals surface area contributed by atoms with Crippen molar-refractivity contribution in [1.82, 2.24) is 10.6 Å². The molecule has 2 rings (SSSR count). The van der Waals surface area contributed by atoms with Crippen LogP contribution in [-0.4, -0.2) is 11.0 Å². The fourth-order valence-corrected chi connectivity index (χ4v) is 2.40. The van der Waals surface area contributed by atoms with Gasteiger partial charge in [-0.2, -0.15) is 0 Å². The van der Waals surface area contributed by atoms with E-state index in [-0.39, 0.29) is 5.91 Å². The Balaban J connectivity index is 1.83. The number of hydrogen-bond acceptors (Lipinski definition) is 2. The zero-order valence-electron chi connectivity index (χ0n) is 12.2. The normalized spacial score (nSPS) is 10.1. The predicted octanol–water partition coefficient (Wildman–Crippen LogP) is 3.38. The Morgan fingerprint density at radius 2 is 1.73 bits per heavy atom. The first-order valence-corrected chi connectivity index (χ1v) is 7.70. The summed E-state index contributed by atoms with van der Waals surface area (Å²) < 4.78 is 0. The van der Waals surface area contributed by atoms with E-state index in [0.717, 1.165) is 16.7 Å². The summed E-state index contributed by atoms with van der Waals surface area (Å²) in [5.74, 6) is -0.133. The number of nitrogens with one attached hydrogen (secondary N) is 2. The summed E-state index contributed by atoms with van der Waals surface area (Å²) in [5, 5.41) is 6.64. The average Bonchev–Trinajstić information content (AvgIpc) is 2.49. The summed E-state index contributed by atoms with van der Waals surface area (Å²) in [5.41, 5.74) is 3.01. The zero-order chi connectivity index (χ0) is 15.9. The van der Waals surface area contributed by atoms with Crippen molar-refractivity contribution in [3.8, 4) is 0 Å². The largest absolute Gasteiger partial charge is 0.358 e. The van der Waals surface area contributed by atoms with Crippen LogP contribution in [0.15, 0.2) is 48.5 Å². The van der Waals surface area contributed by atoms with Crippen molar-refractivity contribution in [2.24, 2.45) is 0 Å². The third-order valence-corrected chi connectivity index (χ3v) is 3.88. The van der Waals surface area contributed by atoms with Gasteiger partial charge in [-0.25, -0.2) is 0 Å². The molecule has 0 atom stereocenters. The maximum Gasteiger partial charge on any atom is 0.230 e. The van der Waals surface area contributed by atoms with E-state index in [1.165, 1.54) is 0 Å². The molecule has 0 heterocycles. The summed E-state index contributed by atoms with van der Waals surface area (Å²) in [6.07, 6.45) is 0.306. The van der Waals surface area contributed by atoms with Crippen LogP contribution in [0, 0.1) is 6.92 Å². The summed E-state index contributed by atoms with van der Waals surface area (Å²) in [7, 11) is 0. The Kier molecular flexibility index (Phi) is 5.92. The topological polar surface area (TPSA) is 41.1 Å². The van der Waals surface area contributed by atoms with Gasteiger partial charge in [0.05, 0.1) is 6.42 Å². The highest BCUT2D eigenvalue weighted by atomic mass is 35.5. The van der Waals surface area contributed by atoms with E-state index >= 15 is 0 Å². The first-order chi connectivity index (χ1) is 10.6. The SMILES string of the molecule is Cc1ccccc1CC(=O)NC(=S)NCc1ccccc1Cl. The van der Waals surface area contributed by atoms with Crippen LogP contribution in [0.4, 0.5) is 0 Å². The van der Waals surface area contributed by atoms with Gasteiger partial charge >= 0.3 is 0 Å². The molecule has 2 aromatic rings. The standard InChI is InChI=1S/C17H17ClN2OS/c1-12-6-2-3-7-13(12)10-16(21)20-17(22)19-11-14-8-4-5-9-15(14)18/h2-9H,10-11H2,1H3,(H2,19,20,21,22). The maximum atomic E-state index is 12.0. The van der Waals surface area contributed by atoms with Crippen LogP contribution in [0.25, 0.3) is 0 Å². The lowest BCUT2D eigenvalue weighted by atomic mass is 10.1. The first kappa shape index (κ1) is 16.5. The second kappa shape index (κ2) is 7.92. The molecule has 2 aromatic carbocycles. The molecule has 0 spiro atoms. The summed E-state index contributed by atoms with van der Waals surface area (Å²) in [4.78, 5) is 12.0. The third kappa shape index (κ3) is 4.83. The lowest BCUT2D eigenvalue weighted by Gasteiger charge is -2.11. The number of carbonyl (C=O) groups is 1. The molecule has 3 nitrogen and oxygen atoms in total. The average molecular weight is 333 g/mol. The molecule has 5 heteroatoms. The molecule has 0 radical (unpaired) electrons. The van der Waals surface area contributed by atoms with Crippen molar-refractivity contribution < 1.29 is 4.79 Å². The maximum absolute atomic E-state index is 12.0. The van der Waals surface area contributed by atoms with Gasteiger partial charge in [0, 0.05) is 11.6 Å². The second-order valence-electron chi connectivity index (χ2n) is 4.93. The number of benzene rings is 2. The van der Waals surface area contributed by atoms with Gasteiger partial charge in [-0.3, -0.25) is 4.79 Å². The Morgan fingerprint density at radius 3 is 2.41 bits per heavy atom. The van der Waals surface area contributed by atoms with E-state index in [1.54, 1.807) is 0 Å².